The van der Waals surface area contributed by atoms with E-state index in [0.29, 0.717) is 11.3 Å². The van der Waals surface area contributed by atoms with Crippen molar-refractivity contribution in [2.45, 2.75) is 54.8 Å². The molecule has 11 atom stereocenters. The van der Waals surface area contributed by atoms with E-state index < -0.39 is 85.8 Å². The third-order valence-corrected chi connectivity index (χ3v) is 7.46. The van der Waals surface area contributed by atoms with Crippen molar-refractivity contribution in [1.29, 1.82) is 0 Å². The van der Waals surface area contributed by atoms with Crippen LogP contribution < -0.4 is 4.74 Å². The zero-order valence-corrected chi connectivity index (χ0v) is 20.3. The number of aliphatic hydroxyl groups excluding tert-OH is 5. The maximum atomic E-state index is 12.7. The first-order valence-electron chi connectivity index (χ1n) is 12.1. The smallest absolute Gasteiger partial charge is 0.331 e. The first-order valence-corrected chi connectivity index (χ1v) is 12.1. The zero-order chi connectivity index (χ0) is 27.2. The molecule has 38 heavy (non-hydrogen) atoms. The maximum Gasteiger partial charge on any atom is 0.331 e. The number of aliphatic hydroxyl groups is 5. The van der Waals surface area contributed by atoms with Gasteiger partial charge in [0.25, 0.3) is 0 Å². The van der Waals surface area contributed by atoms with Gasteiger partial charge in [0.1, 0.15) is 42.2 Å². The molecular weight excluding hydrogens is 508 g/mol. The number of aromatic hydroxyl groups is 1. The average Bonchev–Trinajstić information content (AvgIpc) is 3.59. The minimum Gasteiger partial charge on any atom is -0.504 e. The molecule has 0 bridgehead atoms. The standard InChI is InChI=1S/C25H30O13/c1-33-14-4-2-11(8-13(14)28)3-5-16(29)36-21-12-6-7-34-23(17(12)25(10-27)22(21)38-25)37-24-20(32)19(31)18(30)15(9-26)35-24/h2-8,12,15,17-24,26-28,30-32H,9-10H2,1H3/b5-3+/t12-,15-,17-,18-,19+,20-,21+,22+,23+,24+,25-/m0/s1. The average molecular weight is 539 g/mol. The third kappa shape index (κ3) is 4.54. The lowest BCUT2D eigenvalue weighted by atomic mass is 9.85. The molecule has 0 amide bonds. The molecule has 1 aromatic carbocycles. The van der Waals surface area contributed by atoms with E-state index in [9.17, 15) is 35.4 Å². The molecule has 3 heterocycles. The van der Waals surface area contributed by atoms with Crippen molar-refractivity contribution in [3.8, 4) is 11.5 Å². The van der Waals surface area contributed by atoms with Crippen molar-refractivity contribution in [3.05, 3.63) is 42.2 Å². The van der Waals surface area contributed by atoms with E-state index in [1.807, 2.05) is 0 Å². The van der Waals surface area contributed by atoms with Crippen molar-refractivity contribution in [2.75, 3.05) is 20.3 Å². The van der Waals surface area contributed by atoms with Gasteiger partial charge < -0.3 is 59.1 Å². The van der Waals surface area contributed by atoms with Crippen LogP contribution in [0.4, 0.5) is 0 Å². The largest absolute Gasteiger partial charge is 0.504 e. The van der Waals surface area contributed by atoms with Crippen molar-refractivity contribution in [2.24, 2.45) is 11.8 Å². The lowest BCUT2D eigenvalue weighted by Crippen LogP contribution is -2.60. The van der Waals surface area contributed by atoms with Crippen LogP contribution in [0, 0.1) is 11.8 Å². The summed E-state index contributed by atoms with van der Waals surface area (Å²) in [6.45, 7) is -1.06. The van der Waals surface area contributed by atoms with Crippen LogP contribution in [-0.2, 0) is 28.5 Å². The number of ether oxygens (including phenoxy) is 6. The predicted molar refractivity (Wildman–Crippen MR) is 124 cm³/mol. The van der Waals surface area contributed by atoms with Crippen LogP contribution in [0.1, 0.15) is 5.56 Å². The van der Waals surface area contributed by atoms with Gasteiger partial charge in [0.15, 0.2) is 17.8 Å². The monoisotopic (exact) mass is 538 g/mol. The number of epoxide rings is 1. The van der Waals surface area contributed by atoms with Gasteiger partial charge in [-0.3, -0.25) is 0 Å². The van der Waals surface area contributed by atoms with Gasteiger partial charge in [-0.2, -0.15) is 0 Å². The molecule has 1 saturated carbocycles. The van der Waals surface area contributed by atoms with Crippen molar-refractivity contribution >= 4 is 12.0 Å². The molecule has 208 valence electrons. The Hall–Kier alpha value is -2.75. The van der Waals surface area contributed by atoms with Gasteiger partial charge in [0, 0.05) is 12.0 Å². The number of carbonyl (C=O) groups excluding carboxylic acids is 1. The number of hydrogen-bond acceptors (Lipinski definition) is 13. The minimum atomic E-state index is -1.65. The molecule has 0 radical (unpaired) electrons. The van der Waals surface area contributed by atoms with Crippen LogP contribution in [0.15, 0.2) is 36.6 Å². The van der Waals surface area contributed by atoms with Crippen LogP contribution >= 0.6 is 0 Å². The topological polar surface area (TPSA) is 197 Å². The summed E-state index contributed by atoms with van der Waals surface area (Å²) in [5.41, 5.74) is -0.610. The van der Waals surface area contributed by atoms with Crippen LogP contribution in [0.3, 0.4) is 0 Å². The van der Waals surface area contributed by atoms with E-state index in [4.69, 9.17) is 28.4 Å². The highest BCUT2D eigenvalue weighted by Gasteiger charge is 2.77. The molecule has 6 N–H and O–H groups in total. The Kier molecular flexibility index (Phi) is 7.37. The van der Waals surface area contributed by atoms with Gasteiger partial charge in [-0.15, -0.1) is 0 Å². The number of rotatable bonds is 8. The Balaban J connectivity index is 1.29. The number of fused-ring (bicyclic) bond motifs is 3. The molecule has 0 spiro atoms. The summed E-state index contributed by atoms with van der Waals surface area (Å²) in [6.07, 6.45) is -4.45. The van der Waals surface area contributed by atoms with Gasteiger partial charge in [-0.1, -0.05) is 6.07 Å². The molecule has 13 nitrogen and oxygen atoms in total. The molecule has 5 rings (SSSR count). The van der Waals surface area contributed by atoms with E-state index in [-0.39, 0.29) is 5.75 Å². The second-order valence-corrected chi connectivity index (χ2v) is 9.59. The normalized spacial score (nSPS) is 41.3. The van der Waals surface area contributed by atoms with Gasteiger partial charge in [-0.05, 0) is 29.8 Å². The van der Waals surface area contributed by atoms with Gasteiger partial charge >= 0.3 is 5.97 Å². The molecule has 0 aromatic heterocycles. The second kappa shape index (κ2) is 10.4. The zero-order valence-electron chi connectivity index (χ0n) is 20.3. The lowest BCUT2D eigenvalue weighted by molar-refractivity contribution is -0.344. The van der Waals surface area contributed by atoms with Crippen molar-refractivity contribution < 1.29 is 63.9 Å². The Bertz CT molecular complexity index is 1090. The number of phenols is 1. The van der Waals surface area contributed by atoms with E-state index in [1.165, 1.54) is 31.6 Å². The first kappa shape index (κ1) is 26.8. The number of benzene rings is 1. The first-order chi connectivity index (χ1) is 18.2. The quantitative estimate of drug-likeness (QED) is 0.126. The van der Waals surface area contributed by atoms with Crippen LogP contribution in [0.25, 0.3) is 6.08 Å². The Morgan fingerprint density at radius 2 is 1.92 bits per heavy atom. The fourth-order valence-corrected chi connectivity index (χ4v) is 5.44. The van der Waals surface area contributed by atoms with Gasteiger partial charge in [0.2, 0.25) is 6.29 Å². The molecule has 3 fully saturated rings. The van der Waals surface area contributed by atoms with Gasteiger partial charge in [0.05, 0.1) is 32.5 Å². The van der Waals surface area contributed by atoms with E-state index in [0.717, 1.165) is 0 Å². The Labute approximate surface area is 217 Å². The third-order valence-electron chi connectivity index (χ3n) is 7.46. The van der Waals surface area contributed by atoms with Crippen LogP contribution in [0.5, 0.6) is 11.5 Å². The second-order valence-electron chi connectivity index (χ2n) is 9.59. The summed E-state index contributed by atoms with van der Waals surface area (Å²) in [5.74, 6) is -1.65. The molecule has 1 aliphatic carbocycles. The van der Waals surface area contributed by atoms with Crippen LogP contribution in [0.2, 0.25) is 0 Å². The fourth-order valence-electron chi connectivity index (χ4n) is 5.44. The summed E-state index contributed by atoms with van der Waals surface area (Å²) in [7, 11) is 1.42. The number of methoxy groups -OCH3 is 1. The number of carbonyl (C=O) groups is 1. The van der Waals surface area contributed by atoms with E-state index in [1.54, 1.807) is 18.2 Å². The highest BCUT2D eigenvalue weighted by Crippen LogP contribution is 2.60. The molecule has 4 aliphatic rings. The summed E-state index contributed by atoms with van der Waals surface area (Å²) in [5, 5.41) is 60.0. The lowest BCUT2D eigenvalue weighted by Gasteiger charge is -2.43. The summed E-state index contributed by atoms with van der Waals surface area (Å²) in [6, 6.07) is 4.63. The minimum absolute atomic E-state index is 0.0847. The fraction of sp³-hybridized carbons (Fsp3) is 0.560. The summed E-state index contributed by atoms with van der Waals surface area (Å²) < 4.78 is 33.3. The Morgan fingerprint density at radius 1 is 1.13 bits per heavy atom. The predicted octanol–water partition coefficient (Wildman–Crippen LogP) is -1.61. The Morgan fingerprint density at radius 3 is 2.61 bits per heavy atom. The van der Waals surface area contributed by atoms with Crippen LogP contribution in [-0.4, -0.2) is 112 Å². The van der Waals surface area contributed by atoms with Crippen molar-refractivity contribution in [1.82, 2.24) is 0 Å². The van der Waals surface area contributed by atoms with E-state index in [2.05, 4.69) is 0 Å². The molecule has 13 heteroatoms. The number of phenolic OH excluding ortho intramolecular Hbond substituents is 1. The highest BCUT2D eigenvalue weighted by molar-refractivity contribution is 5.87. The number of esters is 1. The summed E-state index contributed by atoms with van der Waals surface area (Å²) >= 11 is 0. The number of hydrogen-bond donors (Lipinski definition) is 6. The molecule has 0 unspecified atom stereocenters. The molecular formula is C25H30O13. The van der Waals surface area contributed by atoms with E-state index >= 15 is 0 Å². The van der Waals surface area contributed by atoms with Gasteiger partial charge in [-0.25, -0.2) is 4.79 Å². The molecule has 1 aromatic rings. The summed E-state index contributed by atoms with van der Waals surface area (Å²) in [4.78, 5) is 12.7. The highest BCUT2D eigenvalue weighted by atomic mass is 16.8. The molecule has 3 aliphatic heterocycles. The molecule has 2 saturated heterocycles. The SMILES string of the molecule is COc1ccc(/C=C/C(=O)O[C@@H]2[C@H]3C=CO[C@H](O[C@H]4O[C@@H](CO)[C@H](O)[C@@H](O)[C@@H]4O)[C@H]3[C@]3(CO)O[C@H]23)cc1O. The van der Waals surface area contributed by atoms with Crippen molar-refractivity contribution in [3.63, 3.8) is 0 Å². The maximum absolute atomic E-state index is 12.7.